The second-order valence-corrected chi connectivity index (χ2v) is 3.95. The van der Waals surface area contributed by atoms with Crippen molar-refractivity contribution in [1.29, 1.82) is 0 Å². The van der Waals surface area contributed by atoms with Crippen molar-refractivity contribution < 1.29 is 14.6 Å². The van der Waals surface area contributed by atoms with Crippen molar-refractivity contribution in [2.75, 3.05) is 6.61 Å². The summed E-state index contributed by atoms with van der Waals surface area (Å²) in [5.41, 5.74) is 1.73. The summed E-state index contributed by atoms with van der Waals surface area (Å²) in [4.78, 5) is 21.1. The van der Waals surface area contributed by atoms with E-state index < -0.39 is 5.97 Å². The zero-order chi connectivity index (χ0) is 12.5. The molecule has 1 aromatic carbocycles. The van der Waals surface area contributed by atoms with Crippen LogP contribution in [0.4, 0.5) is 0 Å². The number of hydrogen-bond donors (Lipinski definition) is 0. The van der Waals surface area contributed by atoms with E-state index in [-0.39, 0.29) is 0 Å². The predicted molar refractivity (Wildman–Crippen MR) is 66.7 cm³/mol. The van der Waals surface area contributed by atoms with Gasteiger partial charge in [-0.2, -0.15) is 4.89 Å². The third-order valence-corrected chi connectivity index (χ3v) is 2.56. The molecular formula is C14H20O3. The van der Waals surface area contributed by atoms with Crippen molar-refractivity contribution in [2.24, 2.45) is 0 Å². The van der Waals surface area contributed by atoms with Crippen molar-refractivity contribution >= 4 is 5.97 Å². The minimum atomic E-state index is -0.427. The lowest BCUT2D eigenvalue weighted by atomic mass is 10.1. The van der Waals surface area contributed by atoms with Gasteiger partial charge in [0.2, 0.25) is 0 Å². The van der Waals surface area contributed by atoms with Crippen LogP contribution in [0.3, 0.4) is 0 Å². The summed E-state index contributed by atoms with van der Waals surface area (Å²) in [6, 6.07) is 7.37. The standard InChI is InChI=1S/C14H20O3/c1-3-5-6-11-16-17-14(15)13-9-7-12(4-2)8-10-13/h7-10H,3-6,11H2,1-2H3. The number of rotatable bonds is 7. The SMILES string of the molecule is CCCCCOOC(=O)c1ccc(CC)cc1. The molecule has 0 saturated carbocycles. The Balaban J connectivity index is 2.31. The fourth-order valence-electron chi connectivity index (χ4n) is 1.43. The van der Waals surface area contributed by atoms with Gasteiger partial charge < -0.3 is 0 Å². The number of hydrogen-bond acceptors (Lipinski definition) is 3. The molecule has 0 spiro atoms. The Kier molecular flexibility index (Phi) is 6.33. The Morgan fingerprint density at radius 2 is 1.82 bits per heavy atom. The van der Waals surface area contributed by atoms with Gasteiger partial charge in [0.1, 0.15) is 0 Å². The number of unbranched alkanes of at least 4 members (excludes halogenated alkanes) is 2. The van der Waals surface area contributed by atoms with Gasteiger partial charge in [-0.25, -0.2) is 4.79 Å². The van der Waals surface area contributed by atoms with E-state index in [1.165, 1.54) is 5.56 Å². The van der Waals surface area contributed by atoms with Gasteiger partial charge in [-0.1, -0.05) is 38.8 Å². The van der Waals surface area contributed by atoms with Crippen LogP contribution in [0.1, 0.15) is 49.0 Å². The zero-order valence-corrected chi connectivity index (χ0v) is 10.6. The van der Waals surface area contributed by atoms with E-state index in [1.54, 1.807) is 12.1 Å². The fourth-order valence-corrected chi connectivity index (χ4v) is 1.43. The molecule has 1 rings (SSSR count). The lowest BCUT2D eigenvalue weighted by Gasteiger charge is -2.04. The Bertz CT molecular complexity index is 330. The number of benzene rings is 1. The summed E-state index contributed by atoms with van der Waals surface area (Å²) in [7, 11) is 0. The highest BCUT2D eigenvalue weighted by molar-refractivity contribution is 5.88. The smallest absolute Gasteiger partial charge is 0.293 e. The Hall–Kier alpha value is -1.35. The zero-order valence-electron chi connectivity index (χ0n) is 10.6. The van der Waals surface area contributed by atoms with Crippen molar-refractivity contribution in [3.8, 4) is 0 Å². The molecule has 0 heterocycles. The molecule has 17 heavy (non-hydrogen) atoms. The number of aryl methyl sites for hydroxylation is 1. The van der Waals surface area contributed by atoms with Gasteiger partial charge in [0.15, 0.2) is 0 Å². The third-order valence-electron chi connectivity index (χ3n) is 2.56. The van der Waals surface area contributed by atoms with Crippen molar-refractivity contribution in [3.63, 3.8) is 0 Å². The molecule has 0 radical (unpaired) electrons. The maximum Gasteiger partial charge on any atom is 0.373 e. The highest BCUT2D eigenvalue weighted by Crippen LogP contribution is 2.07. The highest BCUT2D eigenvalue weighted by atomic mass is 17.2. The molecule has 0 aliphatic heterocycles. The average Bonchev–Trinajstić information content (AvgIpc) is 2.38. The van der Waals surface area contributed by atoms with E-state index in [9.17, 15) is 4.79 Å². The minimum Gasteiger partial charge on any atom is -0.293 e. The van der Waals surface area contributed by atoms with Gasteiger partial charge in [0, 0.05) is 0 Å². The molecule has 0 unspecified atom stereocenters. The van der Waals surface area contributed by atoms with Crippen LogP contribution in [0.25, 0.3) is 0 Å². The summed E-state index contributed by atoms with van der Waals surface area (Å²) >= 11 is 0. The first kappa shape index (κ1) is 13.7. The van der Waals surface area contributed by atoms with Gasteiger partial charge in [-0.3, -0.25) is 4.89 Å². The Morgan fingerprint density at radius 3 is 2.41 bits per heavy atom. The lowest BCUT2D eigenvalue weighted by Crippen LogP contribution is -2.07. The van der Waals surface area contributed by atoms with E-state index in [4.69, 9.17) is 9.78 Å². The molecule has 94 valence electrons. The van der Waals surface area contributed by atoms with Crippen LogP contribution in [-0.4, -0.2) is 12.6 Å². The van der Waals surface area contributed by atoms with Gasteiger partial charge >= 0.3 is 5.97 Å². The Labute approximate surface area is 103 Å². The van der Waals surface area contributed by atoms with E-state index in [0.29, 0.717) is 12.2 Å². The molecule has 3 nitrogen and oxygen atoms in total. The molecule has 0 amide bonds. The van der Waals surface area contributed by atoms with E-state index in [1.807, 2.05) is 12.1 Å². The van der Waals surface area contributed by atoms with E-state index in [2.05, 4.69) is 13.8 Å². The van der Waals surface area contributed by atoms with E-state index >= 15 is 0 Å². The minimum absolute atomic E-state index is 0.427. The second-order valence-electron chi connectivity index (χ2n) is 3.95. The molecule has 0 atom stereocenters. The third kappa shape index (κ3) is 5.00. The molecule has 0 N–H and O–H groups in total. The van der Waals surface area contributed by atoms with Crippen LogP contribution >= 0.6 is 0 Å². The monoisotopic (exact) mass is 236 g/mol. The van der Waals surface area contributed by atoms with Gasteiger partial charge in [0.05, 0.1) is 12.2 Å². The van der Waals surface area contributed by atoms with Crippen LogP contribution in [0.15, 0.2) is 24.3 Å². The fraction of sp³-hybridized carbons (Fsp3) is 0.500. The van der Waals surface area contributed by atoms with Crippen molar-refractivity contribution in [2.45, 2.75) is 39.5 Å². The van der Waals surface area contributed by atoms with E-state index in [0.717, 1.165) is 25.7 Å². The summed E-state index contributed by atoms with van der Waals surface area (Å²) in [5.74, 6) is -0.427. The summed E-state index contributed by atoms with van der Waals surface area (Å²) in [6.45, 7) is 4.65. The molecule has 0 aliphatic rings. The predicted octanol–water partition coefficient (Wildman–Crippen LogP) is 3.53. The van der Waals surface area contributed by atoms with Crippen molar-refractivity contribution in [1.82, 2.24) is 0 Å². The van der Waals surface area contributed by atoms with Crippen LogP contribution in [0.2, 0.25) is 0 Å². The Morgan fingerprint density at radius 1 is 1.12 bits per heavy atom. The second kappa shape index (κ2) is 7.85. The van der Waals surface area contributed by atoms with Crippen LogP contribution < -0.4 is 0 Å². The molecule has 0 aromatic heterocycles. The van der Waals surface area contributed by atoms with Crippen LogP contribution in [-0.2, 0) is 16.2 Å². The molecule has 0 bridgehead atoms. The lowest BCUT2D eigenvalue weighted by molar-refractivity contribution is -0.241. The largest absolute Gasteiger partial charge is 0.373 e. The van der Waals surface area contributed by atoms with Crippen LogP contribution in [0, 0.1) is 0 Å². The molecule has 0 aliphatic carbocycles. The number of carbonyl (C=O) groups is 1. The van der Waals surface area contributed by atoms with Gasteiger partial charge in [0.25, 0.3) is 0 Å². The van der Waals surface area contributed by atoms with Gasteiger partial charge in [-0.05, 0) is 30.5 Å². The normalized spacial score (nSPS) is 10.2. The summed E-state index contributed by atoms with van der Waals surface area (Å²) < 4.78 is 0. The first-order chi connectivity index (χ1) is 8.27. The first-order valence-electron chi connectivity index (χ1n) is 6.20. The molecular weight excluding hydrogens is 216 g/mol. The molecule has 1 aromatic rings. The molecule has 3 heteroatoms. The van der Waals surface area contributed by atoms with Gasteiger partial charge in [-0.15, -0.1) is 0 Å². The quantitative estimate of drug-likeness (QED) is 0.413. The topological polar surface area (TPSA) is 35.5 Å². The maximum atomic E-state index is 11.5. The summed E-state index contributed by atoms with van der Waals surface area (Å²) in [6.07, 6.45) is 4.08. The van der Waals surface area contributed by atoms with Crippen molar-refractivity contribution in [3.05, 3.63) is 35.4 Å². The first-order valence-corrected chi connectivity index (χ1v) is 6.20. The van der Waals surface area contributed by atoms with Crippen LogP contribution in [0.5, 0.6) is 0 Å². The number of carbonyl (C=O) groups excluding carboxylic acids is 1. The summed E-state index contributed by atoms with van der Waals surface area (Å²) in [5, 5.41) is 0. The maximum absolute atomic E-state index is 11.5. The molecule has 0 saturated heterocycles. The molecule has 0 fully saturated rings. The highest BCUT2D eigenvalue weighted by Gasteiger charge is 2.07. The average molecular weight is 236 g/mol.